The van der Waals surface area contributed by atoms with Gasteiger partial charge in [0.1, 0.15) is 12.4 Å². The van der Waals surface area contributed by atoms with Gasteiger partial charge >= 0.3 is 0 Å². The molecule has 2 aromatic rings. The summed E-state index contributed by atoms with van der Waals surface area (Å²) in [6.45, 7) is 7.92. The second kappa shape index (κ2) is 6.34. The predicted octanol–water partition coefficient (Wildman–Crippen LogP) is 4.00. The summed E-state index contributed by atoms with van der Waals surface area (Å²) in [5.74, 6) is -0.127. The van der Waals surface area contributed by atoms with Crippen molar-refractivity contribution in [2.24, 2.45) is 0 Å². The molecular weight excluding hydrogens is 380 g/mol. The Bertz CT molecular complexity index is 883. The summed E-state index contributed by atoms with van der Waals surface area (Å²) in [6.07, 6.45) is 1.96. The van der Waals surface area contributed by atoms with Crippen molar-refractivity contribution in [3.8, 4) is 0 Å². The van der Waals surface area contributed by atoms with E-state index in [9.17, 15) is 9.90 Å². The van der Waals surface area contributed by atoms with Crippen LogP contribution in [0.1, 0.15) is 29.8 Å². The minimum Gasteiger partial charge on any atom is -0.390 e. The molecule has 0 unspecified atom stereocenters. The van der Waals surface area contributed by atoms with Gasteiger partial charge in [0.05, 0.1) is 16.1 Å². The van der Waals surface area contributed by atoms with E-state index in [1.807, 2.05) is 28.8 Å². The lowest BCUT2D eigenvalue weighted by Crippen LogP contribution is -2.78. The number of aliphatic hydroxyl groups is 1. The Morgan fingerprint density at radius 3 is 2.67 bits per heavy atom. The van der Waals surface area contributed by atoms with Gasteiger partial charge in [-0.15, -0.1) is 0 Å². The van der Waals surface area contributed by atoms with E-state index in [0.29, 0.717) is 43.3 Å². The molecular formula is C20H27ClN2O3Si. The smallest absolute Gasteiger partial charge is 0.268 e. The maximum Gasteiger partial charge on any atom is 0.268 e. The summed E-state index contributed by atoms with van der Waals surface area (Å²) in [5.41, 5.74) is 0.620. The average molecular weight is 407 g/mol. The quantitative estimate of drug-likeness (QED) is 0.539. The molecule has 1 aromatic carbocycles. The van der Waals surface area contributed by atoms with Gasteiger partial charge in [-0.25, -0.2) is 0 Å². The second-order valence-corrected chi connectivity index (χ2v) is 15.5. The van der Waals surface area contributed by atoms with Gasteiger partial charge in [0, 0.05) is 25.6 Å². The number of halogens is 1. The molecule has 3 aliphatic carbocycles. The third-order valence-electron chi connectivity index (χ3n) is 5.70. The Morgan fingerprint density at radius 2 is 2.04 bits per heavy atom. The number of benzene rings is 1. The van der Waals surface area contributed by atoms with Crippen LogP contribution < -0.4 is 5.32 Å². The standard InChI is InChI=1S/C20H27ClN2O3Si/c1-27(2,3)8-7-26-13-23-16(9-14-5-4-6-15(21)17(14)23)18(24)22-19-10-20(25,11-19)12-19/h4-6,9,25H,7-8,10-13H2,1-3H3,(H,22,24). The molecule has 1 amide bonds. The lowest BCUT2D eigenvalue weighted by Gasteiger charge is -2.67. The van der Waals surface area contributed by atoms with Crippen molar-refractivity contribution >= 4 is 36.5 Å². The number of hydrogen-bond donors (Lipinski definition) is 2. The number of nitrogens with zero attached hydrogens (tertiary/aromatic N) is 1. The SMILES string of the molecule is C[Si](C)(C)CCOCn1c(C(=O)NC23CC(O)(C2)C3)cc2cccc(Cl)c21. The van der Waals surface area contributed by atoms with Crippen LogP contribution in [0.2, 0.25) is 30.7 Å². The van der Waals surface area contributed by atoms with Crippen LogP contribution in [-0.2, 0) is 11.5 Å². The number of nitrogens with one attached hydrogen (secondary N) is 1. The summed E-state index contributed by atoms with van der Waals surface area (Å²) in [4.78, 5) is 13.0. The lowest BCUT2D eigenvalue weighted by molar-refractivity contribution is -0.215. The fraction of sp³-hybridized carbons (Fsp3) is 0.550. The van der Waals surface area contributed by atoms with E-state index in [2.05, 4.69) is 25.0 Å². The first kappa shape index (κ1) is 19.0. The average Bonchev–Trinajstić information content (AvgIpc) is 2.88. The molecule has 7 heteroatoms. The largest absolute Gasteiger partial charge is 0.390 e. The van der Waals surface area contributed by atoms with E-state index in [-0.39, 0.29) is 11.4 Å². The highest BCUT2D eigenvalue weighted by atomic mass is 35.5. The zero-order valence-corrected chi connectivity index (χ0v) is 17.9. The van der Waals surface area contributed by atoms with Crippen molar-refractivity contribution in [3.05, 3.63) is 35.0 Å². The molecule has 0 saturated heterocycles. The minimum atomic E-state index is -1.17. The number of fused-ring (bicyclic) bond motifs is 1. The number of para-hydroxylation sites is 1. The Kier molecular flexibility index (Phi) is 4.46. The first-order chi connectivity index (χ1) is 12.6. The van der Waals surface area contributed by atoms with Crippen LogP contribution in [0.15, 0.2) is 24.3 Å². The Morgan fingerprint density at radius 1 is 1.33 bits per heavy atom. The number of ether oxygens (including phenoxy) is 1. The number of rotatable bonds is 7. The van der Waals surface area contributed by atoms with Gasteiger partial charge in [0.2, 0.25) is 0 Å². The van der Waals surface area contributed by atoms with Crippen LogP contribution in [0.3, 0.4) is 0 Å². The zero-order valence-electron chi connectivity index (χ0n) is 16.1. The Hall–Kier alpha value is -1.34. The maximum absolute atomic E-state index is 13.0. The van der Waals surface area contributed by atoms with Crippen LogP contribution in [0, 0.1) is 0 Å². The molecule has 3 aliphatic rings. The van der Waals surface area contributed by atoms with Gasteiger partial charge in [0.25, 0.3) is 5.91 Å². The molecule has 5 rings (SSSR count). The summed E-state index contributed by atoms with van der Waals surface area (Å²) >= 11 is 6.43. The molecule has 27 heavy (non-hydrogen) atoms. The van der Waals surface area contributed by atoms with E-state index < -0.39 is 13.7 Å². The molecule has 0 radical (unpaired) electrons. The molecule has 3 saturated carbocycles. The van der Waals surface area contributed by atoms with E-state index in [4.69, 9.17) is 16.3 Å². The Balaban J connectivity index is 1.55. The van der Waals surface area contributed by atoms with Crippen molar-refractivity contribution in [2.45, 2.75) is 62.8 Å². The first-order valence-electron chi connectivity index (χ1n) is 9.50. The van der Waals surface area contributed by atoms with Gasteiger partial charge in [-0.05, 0) is 37.4 Å². The van der Waals surface area contributed by atoms with Gasteiger partial charge in [0.15, 0.2) is 0 Å². The molecule has 5 nitrogen and oxygen atoms in total. The van der Waals surface area contributed by atoms with Crippen molar-refractivity contribution in [3.63, 3.8) is 0 Å². The summed E-state index contributed by atoms with van der Waals surface area (Å²) in [7, 11) is -1.17. The second-order valence-electron chi connectivity index (χ2n) is 9.47. The number of carbonyl (C=O) groups is 1. The normalized spacial score (nSPS) is 26.6. The maximum atomic E-state index is 13.0. The van der Waals surface area contributed by atoms with Crippen molar-refractivity contribution in [2.75, 3.05) is 6.61 Å². The van der Waals surface area contributed by atoms with Crippen molar-refractivity contribution in [1.29, 1.82) is 0 Å². The van der Waals surface area contributed by atoms with E-state index in [1.54, 1.807) is 0 Å². The fourth-order valence-corrected chi connectivity index (χ4v) is 5.35. The monoisotopic (exact) mass is 406 g/mol. The van der Waals surface area contributed by atoms with Crippen molar-refractivity contribution < 1.29 is 14.6 Å². The zero-order chi connectivity index (χ0) is 19.4. The van der Waals surface area contributed by atoms with Crippen LogP contribution >= 0.6 is 11.6 Å². The van der Waals surface area contributed by atoms with Crippen molar-refractivity contribution in [1.82, 2.24) is 9.88 Å². The van der Waals surface area contributed by atoms with Crippen LogP contribution in [0.5, 0.6) is 0 Å². The lowest BCUT2D eigenvalue weighted by atomic mass is 9.46. The van der Waals surface area contributed by atoms with Crippen LogP contribution in [-0.4, -0.2) is 41.4 Å². The summed E-state index contributed by atoms with van der Waals surface area (Å²) in [6, 6.07) is 8.63. The third-order valence-corrected chi connectivity index (χ3v) is 7.71. The molecule has 3 fully saturated rings. The van der Waals surface area contributed by atoms with E-state index >= 15 is 0 Å². The minimum absolute atomic E-state index is 0.127. The van der Waals surface area contributed by atoms with Crippen LogP contribution in [0.25, 0.3) is 10.9 Å². The van der Waals surface area contributed by atoms with Gasteiger partial charge in [-0.2, -0.15) is 0 Å². The molecule has 2 bridgehead atoms. The highest BCUT2D eigenvalue weighted by Gasteiger charge is 2.68. The highest BCUT2D eigenvalue weighted by Crippen LogP contribution is 2.60. The molecule has 1 heterocycles. The number of hydrogen-bond acceptors (Lipinski definition) is 3. The molecule has 0 spiro atoms. The van der Waals surface area contributed by atoms with E-state index in [0.717, 1.165) is 16.9 Å². The topological polar surface area (TPSA) is 63.5 Å². The number of carbonyl (C=O) groups excluding carboxylic acids is 1. The molecule has 0 atom stereocenters. The summed E-state index contributed by atoms with van der Waals surface area (Å²) in [5, 5.41) is 14.6. The highest BCUT2D eigenvalue weighted by molar-refractivity contribution is 6.76. The van der Waals surface area contributed by atoms with E-state index in [1.165, 1.54) is 0 Å². The number of aromatic nitrogens is 1. The first-order valence-corrected chi connectivity index (χ1v) is 13.6. The van der Waals surface area contributed by atoms with Gasteiger partial charge < -0.3 is 19.7 Å². The molecule has 0 aliphatic heterocycles. The fourth-order valence-electron chi connectivity index (χ4n) is 4.31. The Labute approximate surface area is 165 Å². The van der Waals surface area contributed by atoms with Gasteiger partial charge in [-0.3, -0.25) is 4.79 Å². The molecule has 146 valence electrons. The van der Waals surface area contributed by atoms with Crippen LogP contribution in [0.4, 0.5) is 0 Å². The third kappa shape index (κ3) is 3.56. The predicted molar refractivity (Wildman–Crippen MR) is 110 cm³/mol. The van der Waals surface area contributed by atoms with Gasteiger partial charge in [-0.1, -0.05) is 43.4 Å². The molecule has 2 N–H and O–H groups in total. The number of amides is 1. The summed E-state index contributed by atoms with van der Waals surface area (Å²) < 4.78 is 7.80. The molecule has 1 aromatic heterocycles.